The number of Topliss-reactive ketones (excluding diaryl/α,β-unsaturated/α-hetero) is 1. The van der Waals surface area contributed by atoms with Crippen molar-refractivity contribution >= 4 is 35.1 Å². The van der Waals surface area contributed by atoms with Gasteiger partial charge in [-0.05, 0) is 24.3 Å². The van der Waals surface area contributed by atoms with Crippen LogP contribution in [0.2, 0.25) is 0 Å². The predicted molar refractivity (Wildman–Crippen MR) is 120 cm³/mol. The van der Waals surface area contributed by atoms with Crippen LogP contribution >= 0.6 is 11.8 Å². The number of rotatable bonds is 9. The Morgan fingerprint density at radius 1 is 0.968 bits per heavy atom. The average molecular weight is 446 g/mol. The molecule has 0 bridgehead atoms. The van der Waals surface area contributed by atoms with Crippen LogP contribution in [0.15, 0.2) is 47.4 Å². The summed E-state index contributed by atoms with van der Waals surface area (Å²) in [6.45, 7) is 5.01. The van der Waals surface area contributed by atoms with E-state index in [9.17, 15) is 14.4 Å². The number of hydrogen-bond donors (Lipinski definition) is 1. The molecule has 0 aromatic heterocycles. The molecule has 0 fully saturated rings. The van der Waals surface area contributed by atoms with Gasteiger partial charge in [-0.1, -0.05) is 32.9 Å². The average Bonchev–Trinajstić information content (AvgIpc) is 2.75. The lowest BCUT2D eigenvalue weighted by Crippen LogP contribution is -2.26. The molecule has 0 unspecified atom stereocenters. The number of carbonyl (C=O) groups excluding carboxylic acids is 3. The zero-order valence-corrected chi connectivity index (χ0v) is 19.1. The molecule has 31 heavy (non-hydrogen) atoms. The summed E-state index contributed by atoms with van der Waals surface area (Å²) in [5.41, 5.74) is 0.293. The van der Waals surface area contributed by atoms with Gasteiger partial charge in [-0.3, -0.25) is 9.59 Å². The summed E-state index contributed by atoms with van der Waals surface area (Å²) in [6, 6.07) is 11.9. The van der Waals surface area contributed by atoms with Crippen molar-refractivity contribution in [2.75, 3.05) is 31.9 Å². The number of ketones is 1. The van der Waals surface area contributed by atoms with Crippen molar-refractivity contribution in [2.45, 2.75) is 25.7 Å². The maximum absolute atomic E-state index is 12.4. The molecule has 0 saturated heterocycles. The summed E-state index contributed by atoms with van der Waals surface area (Å²) in [6.07, 6.45) is 0. The number of benzene rings is 2. The lowest BCUT2D eigenvalue weighted by Gasteiger charge is -2.16. The Labute approximate surface area is 186 Å². The number of amides is 1. The number of nitrogens with one attached hydrogen (secondary N) is 1. The molecule has 0 aliphatic carbocycles. The highest BCUT2D eigenvalue weighted by atomic mass is 32.2. The van der Waals surface area contributed by atoms with Crippen molar-refractivity contribution in [2.24, 2.45) is 5.41 Å². The molecular weight excluding hydrogens is 418 g/mol. The Morgan fingerprint density at radius 3 is 2.29 bits per heavy atom. The Morgan fingerprint density at radius 2 is 1.65 bits per heavy atom. The lowest BCUT2D eigenvalue weighted by atomic mass is 9.91. The summed E-state index contributed by atoms with van der Waals surface area (Å²) in [7, 11) is 3.05. The fourth-order valence-corrected chi connectivity index (χ4v) is 3.28. The number of carbonyl (C=O) groups is 3. The highest BCUT2D eigenvalue weighted by molar-refractivity contribution is 8.00. The van der Waals surface area contributed by atoms with Gasteiger partial charge in [0.15, 0.2) is 23.9 Å². The van der Waals surface area contributed by atoms with Gasteiger partial charge in [0.25, 0.3) is 0 Å². The minimum atomic E-state index is -0.596. The largest absolute Gasteiger partial charge is 0.493 e. The summed E-state index contributed by atoms with van der Waals surface area (Å²) in [5, 5.41) is 2.79. The van der Waals surface area contributed by atoms with Gasteiger partial charge in [-0.15, -0.1) is 11.8 Å². The van der Waals surface area contributed by atoms with Crippen molar-refractivity contribution < 1.29 is 28.6 Å². The van der Waals surface area contributed by atoms with E-state index in [1.807, 2.05) is 0 Å². The lowest BCUT2D eigenvalue weighted by molar-refractivity contribution is -0.129. The van der Waals surface area contributed by atoms with Gasteiger partial charge >= 0.3 is 5.97 Å². The van der Waals surface area contributed by atoms with Crippen LogP contribution in [0.25, 0.3) is 0 Å². The zero-order chi connectivity index (χ0) is 23.0. The third-order valence-corrected chi connectivity index (χ3v) is 5.38. The van der Waals surface area contributed by atoms with Crippen molar-refractivity contribution in [3.8, 4) is 11.5 Å². The van der Waals surface area contributed by atoms with Crippen LogP contribution < -0.4 is 14.8 Å². The van der Waals surface area contributed by atoms with E-state index >= 15 is 0 Å². The van der Waals surface area contributed by atoms with Gasteiger partial charge in [0.05, 0.1) is 25.5 Å². The van der Waals surface area contributed by atoms with Crippen molar-refractivity contribution in [1.82, 2.24) is 0 Å². The number of anilines is 1. The molecule has 0 atom stereocenters. The zero-order valence-electron chi connectivity index (χ0n) is 18.3. The molecule has 0 aliphatic heterocycles. The summed E-state index contributed by atoms with van der Waals surface area (Å²) in [5.74, 6) is 0.141. The van der Waals surface area contributed by atoms with Crippen LogP contribution in [0.3, 0.4) is 0 Å². The third-order valence-electron chi connectivity index (χ3n) is 4.30. The third kappa shape index (κ3) is 7.03. The van der Waals surface area contributed by atoms with Gasteiger partial charge in [0, 0.05) is 22.1 Å². The normalized spacial score (nSPS) is 10.9. The van der Waals surface area contributed by atoms with Crippen LogP contribution in [0.4, 0.5) is 5.69 Å². The minimum Gasteiger partial charge on any atom is -0.493 e. The Hall–Kier alpha value is -3.00. The Bertz CT molecular complexity index is 951. The van der Waals surface area contributed by atoms with Crippen molar-refractivity contribution in [1.29, 1.82) is 0 Å². The van der Waals surface area contributed by atoms with Crippen molar-refractivity contribution in [3.05, 3.63) is 48.0 Å². The molecule has 2 aromatic carbocycles. The molecule has 0 saturated carbocycles. The predicted octanol–water partition coefficient (Wildman–Crippen LogP) is 4.21. The van der Waals surface area contributed by atoms with Gasteiger partial charge in [0.2, 0.25) is 5.91 Å². The highest BCUT2D eigenvalue weighted by Gasteiger charge is 2.23. The quantitative estimate of drug-likeness (QED) is 0.457. The second kappa shape index (κ2) is 10.9. The van der Waals surface area contributed by atoms with Crippen LogP contribution in [0.5, 0.6) is 11.5 Å². The molecule has 2 rings (SSSR count). The van der Waals surface area contributed by atoms with E-state index in [4.69, 9.17) is 14.2 Å². The summed E-state index contributed by atoms with van der Waals surface area (Å²) >= 11 is 1.21. The number of esters is 1. The van der Waals surface area contributed by atoms with Gasteiger partial charge in [-0.25, -0.2) is 4.79 Å². The minimum absolute atomic E-state index is 0.0829. The molecule has 2 aromatic rings. The first-order valence-electron chi connectivity index (χ1n) is 9.60. The Kier molecular flexibility index (Phi) is 8.50. The fourth-order valence-electron chi connectivity index (χ4n) is 2.44. The number of methoxy groups -OCH3 is 2. The first-order chi connectivity index (χ1) is 14.7. The van der Waals surface area contributed by atoms with E-state index in [0.29, 0.717) is 27.6 Å². The molecule has 0 spiro atoms. The topological polar surface area (TPSA) is 90.9 Å². The van der Waals surface area contributed by atoms with Crippen molar-refractivity contribution in [3.63, 3.8) is 0 Å². The number of hydrogen-bond acceptors (Lipinski definition) is 7. The summed E-state index contributed by atoms with van der Waals surface area (Å²) < 4.78 is 15.6. The molecular formula is C23H27NO6S. The first kappa shape index (κ1) is 24.3. The van der Waals surface area contributed by atoms with Gasteiger partial charge in [-0.2, -0.15) is 0 Å². The number of ether oxygens (including phenoxy) is 3. The van der Waals surface area contributed by atoms with E-state index < -0.39 is 11.4 Å². The second-order valence-corrected chi connectivity index (χ2v) is 8.67. The SMILES string of the molecule is COc1ccc(NC(=O)CSc2ccccc2C(=O)OCC(=O)C(C)(C)C)cc1OC. The maximum atomic E-state index is 12.4. The Balaban J connectivity index is 1.99. The van der Waals surface area contributed by atoms with Crippen LogP contribution in [0.1, 0.15) is 31.1 Å². The van der Waals surface area contributed by atoms with E-state index in [2.05, 4.69) is 5.32 Å². The smallest absolute Gasteiger partial charge is 0.339 e. The molecule has 1 amide bonds. The first-order valence-corrected chi connectivity index (χ1v) is 10.6. The van der Waals surface area contributed by atoms with Gasteiger partial charge in [0.1, 0.15) is 0 Å². The maximum Gasteiger partial charge on any atom is 0.339 e. The second-order valence-electron chi connectivity index (χ2n) is 7.65. The van der Waals surface area contributed by atoms with Crippen LogP contribution in [0, 0.1) is 5.41 Å². The van der Waals surface area contributed by atoms with E-state index in [-0.39, 0.29) is 24.1 Å². The summed E-state index contributed by atoms with van der Waals surface area (Å²) in [4.78, 5) is 37.4. The van der Waals surface area contributed by atoms with Crippen LogP contribution in [-0.4, -0.2) is 44.2 Å². The van der Waals surface area contributed by atoms with Crippen LogP contribution in [-0.2, 0) is 14.3 Å². The van der Waals surface area contributed by atoms with E-state index in [1.165, 1.54) is 26.0 Å². The molecule has 1 N–H and O–H groups in total. The van der Waals surface area contributed by atoms with E-state index in [1.54, 1.807) is 63.2 Å². The van der Waals surface area contributed by atoms with E-state index in [0.717, 1.165) is 0 Å². The number of thioether (sulfide) groups is 1. The standard InChI is InChI=1S/C23H27NO6S/c1-23(2,3)20(25)13-30-22(27)16-8-6-7-9-19(16)31-14-21(26)24-15-10-11-17(28-4)18(12-15)29-5/h6-12H,13-14H2,1-5H3,(H,24,26). The molecule has 8 heteroatoms. The van der Waals surface area contributed by atoms with Gasteiger partial charge < -0.3 is 19.5 Å². The molecule has 166 valence electrons. The highest BCUT2D eigenvalue weighted by Crippen LogP contribution is 2.30. The monoisotopic (exact) mass is 445 g/mol. The molecule has 7 nitrogen and oxygen atoms in total. The molecule has 0 radical (unpaired) electrons. The fraction of sp³-hybridized carbons (Fsp3) is 0.348. The molecule has 0 heterocycles. The molecule has 0 aliphatic rings.